The number of hydrogen-bond acceptors (Lipinski definition) is 6. The SMILES string of the molecule is COc1cccc(Oc2nc(Cl)nc(OC)n2)c1. The van der Waals surface area contributed by atoms with E-state index in [2.05, 4.69) is 15.0 Å². The Labute approximate surface area is 109 Å². The highest BCUT2D eigenvalue weighted by atomic mass is 35.5. The van der Waals surface area contributed by atoms with E-state index >= 15 is 0 Å². The minimum absolute atomic E-state index is 0.000235. The maximum absolute atomic E-state index is 5.71. The summed E-state index contributed by atoms with van der Waals surface area (Å²) >= 11 is 5.71. The number of halogens is 1. The quantitative estimate of drug-likeness (QED) is 0.847. The van der Waals surface area contributed by atoms with Crippen molar-refractivity contribution in [3.8, 4) is 23.5 Å². The third kappa shape index (κ3) is 2.98. The number of hydrogen-bond donors (Lipinski definition) is 0. The highest BCUT2D eigenvalue weighted by Gasteiger charge is 2.07. The smallest absolute Gasteiger partial charge is 0.329 e. The maximum Gasteiger partial charge on any atom is 0.329 e. The summed E-state index contributed by atoms with van der Waals surface area (Å²) in [7, 11) is 3.00. The molecule has 2 aromatic rings. The first-order chi connectivity index (χ1) is 8.71. The predicted molar refractivity (Wildman–Crippen MR) is 64.5 cm³/mol. The van der Waals surface area contributed by atoms with Gasteiger partial charge in [-0.15, -0.1) is 4.98 Å². The van der Waals surface area contributed by atoms with Gasteiger partial charge in [-0.3, -0.25) is 0 Å². The van der Waals surface area contributed by atoms with Crippen LogP contribution in [0.15, 0.2) is 24.3 Å². The van der Waals surface area contributed by atoms with Gasteiger partial charge in [0.15, 0.2) is 0 Å². The minimum Gasteiger partial charge on any atom is -0.497 e. The largest absolute Gasteiger partial charge is 0.497 e. The van der Waals surface area contributed by atoms with Gasteiger partial charge in [-0.2, -0.15) is 9.97 Å². The van der Waals surface area contributed by atoms with E-state index in [1.807, 2.05) is 0 Å². The zero-order valence-corrected chi connectivity index (χ0v) is 10.5. The Balaban J connectivity index is 2.24. The van der Waals surface area contributed by atoms with Crippen molar-refractivity contribution < 1.29 is 14.2 Å². The van der Waals surface area contributed by atoms with Gasteiger partial charge >= 0.3 is 12.0 Å². The van der Waals surface area contributed by atoms with Gasteiger partial charge in [-0.05, 0) is 23.7 Å². The van der Waals surface area contributed by atoms with Crippen molar-refractivity contribution in [2.75, 3.05) is 14.2 Å². The number of benzene rings is 1. The highest BCUT2D eigenvalue weighted by molar-refractivity contribution is 6.28. The molecule has 0 amide bonds. The van der Waals surface area contributed by atoms with Crippen LogP contribution in [0.25, 0.3) is 0 Å². The molecule has 2 rings (SSSR count). The summed E-state index contributed by atoms with van der Waals surface area (Å²) in [5.41, 5.74) is 0. The van der Waals surface area contributed by atoms with Crippen LogP contribution in [0.1, 0.15) is 0 Å². The third-order valence-corrected chi connectivity index (χ3v) is 2.17. The summed E-state index contributed by atoms with van der Waals surface area (Å²) in [6, 6.07) is 7.17. The summed E-state index contributed by atoms with van der Waals surface area (Å²) in [5, 5.41) is -0.000235. The molecule has 0 unspecified atom stereocenters. The molecule has 0 atom stereocenters. The molecule has 0 aliphatic heterocycles. The number of aromatic nitrogens is 3. The zero-order chi connectivity index (χ0) is 13.0. The van der Waals surface area contributed by atoms with E-state index in [0.717, 1.165) is 0 Å². The van der Waals surface area contributed by atoms with Crippen LogP contribution in [-0.4, -0.2) is 29.2 Å². The molecule has 0 saturated heterocycles. The second-order valence-electron chi connectivity index (χ2n) is 3.15. The molecule has 0 aliphatic carbocycles. The van der Waals surface area contributed by atoms with Crippen molar-refractivity contribution in [3.05, 3.63) is 29.5 Å². The molecule has 7 heteroatoms. The van der Waals surface area contributed by atoms with Gasteiger partial charge in [0.05, 0.1) is 14.2 Å². The molecule has 1 heterocycles. The lowest BCUT2D eigenvalue weighted by molar-refractivity contribution is 0.358. The molecule has 6 nitrogen and oxygen atoms in total. The molecular formula is C11H10ClN3O3. The summed E-state index contributed by atoms with van der Waals surface area (Å²) in [6.07, 6.45) is 0. The Kier molecular flexibility index (Phi) is 3.78. The molecule has 1 aromatic carbocycles. The number of rotatable bonds is 4. The minimum atomic E-state index is -0.000235. The van der Waals surface area contributed by atoms with E-state index in [1.54, 1.807) is 31.4 Å². The fourth-order valence-electron chi connectivity index (χ4n) is 1.22. The lowest BCUT2D eigenvalue weighted by atomic mass is 10.3. The molecule has 0 spiro atoms. The molecule has 0 aliphatic rings. The Hall–Kier alpha value is -2.08. The Morgan fingerprint density at radius 3 is 2.39 bits per heavy atom. The van der Waals surface area contributed by atoms with Crippen LogP contribution in [0.3, 0.4) is 0 Å². The molecule has 0 bridgehead atoms. The number of ether oxygens (including phenoxy) is 3. The molecule has 0 N–H and O–H groups in total. The van der Waals surface area contributed by atoms with Gasteiger partial charge in [-0.1, -0.05) is 6.07 Å². The van der Waals surface area contributed by atoms with Crippen LogP contribution < -0.4 is 14.2 Å². The first kappa shape index (κ1) is 12.4. The Morgan fingerprint density at radius 2 is 1.67 bits per heavy atom. The average Bonchev–Trinajstić information content (AvgIpc) is 2.38. The summed E-state index contributed by atoms with van der Waals surface area (Å²) in [5.74, 6) is 1.19. The lowest BCUT2D eigenvalue weighted by Crippen LogP contribution is -1.98. The van der Waals surface area contributed by atoms with Gasteiger partial charge < -0.3 is 14.2 Å². The second kappa shape index (κ2) is 5.50. The van der Waals surface area contributed by atoms with Crippen LogP contribution in [0.2, 0.25) is 5.28 Å². The molecule has 0 saturated carbocycles. The topological polar surface area (TPSA) is 66.4 Å². The van der Waals surface area contributed by atoms with Gasteiger partial charge in [-0.25, -0.2) is 0 Å². The first-order valence-corrected chi connectivity index (χ1v) is 5.36. The Morgan fingerprint density at radius 1 is 0.944 bits per heavy atom. The van der Waals surface area contributed by atoms with E-state index in [4.69, 9.17) is 25.8 Å². The maximum atomic E-state index is 5.71. The molecule has 1 aromatic heterocycles. The lowest BCUT2D eigenvalue weighted by Gasteiger charge is -2.06. The normalized spacial score (nSPS) is 9.94. The van der Waals surface area contributed by atoms with Gasteiger partial charge in [0, 0.05) is 6.07 Å². The molecule has 0 radical (unpaired) electrons. The van der Waals surface area contributed by atoms with Crippen LogP contribution in [0.5, 0.6) is 23.5 Å². The number of methoxy groups -OCH3 is 2. The second-order valence-corrected chi connectivity index (χ2v) is 3.49. The summed E-state index contributed by atoms with van der Waals surface area (Å²) in [6.45, 7) is 0. The van der Waals surface area contributed by atoms with Crippen molar-refractivity contribution in [2.24, 2.45) is 0 Å². The van der Waals surface area contributed by atoms with Gasteiger partial charge in [0.1, 0.15) is 11.5 Å². The van der Waals surface area contributed by atoms with E-state index in [9.17, 15) is 0 Å². The zero-order valence-electron chi connectivity index (χ0n) is 9.75. The van der Waals surface area contributed by atoms with Gasteiger partial charge in [0.25, 0.3) is 0 Å². The Bertz CT molecular complexity index is 551. The third-order valence-electron chi connectivity index (χ3n) is 2.00. The van der Waals surface area contributed by atoms with Crippen molar-refractivity contribution in [3.63, 3.8) is 0 Å². The fourth-order valence-corrected chi connectivity index (χ4v) is 1.37. The molecule has 0 fully saturated rings. The highest BCUT2D eigenvalue weighted by Crippen LogP contribution is 2.24. The van der Waals surface area contributed by atoms with E-state index in [1.165, 1.54) is 7.11 Å². The van der Waals surface area contributed by atoms with Crippen molar-refractivity contribution in [1.82, 2.24) is 15.0 Å². The van der Waals surface area contributed by atoms with Crippen molar-refractivity contribution >= 4 is 11.6 Å². The van der Waals surface area contributed by atoms with Crippen LogP contribution >= 0.6 is 11.6 Å². The van der Waals surface area contributed by atoms with E-state index in [0.29, 0.717) is 11.5 Å². The van der Waals surface area contributed by atoms with Crippen LogP contribution in [0.4, 0.5) is 0 Å². The van der Waals surface area contributed by atoms with Crippen molar-refractivity contribution in [1.29, 1.82) is 0 Å². The average molecular weight is 268 g/mol. The van der Waals surface area contributed by atoms with E-state index < -0.39 is 0 Å². The molecule has 94 valence electrons. The fraction of sp³-hybridized carbons (Fsp3) is 0.182. The number of nitrogens with zero attached hydrogens (tertiary/aromatic N) is 3. The summed E-state index contributed by atoms with van der Waals surface area (Å²) in [4.78, 5) is 11.5. The van der Waals surface area contributed by atoms with Crippen LogP contribution in [-0.2, 0) is 0 Å². The van der Waals surface area contributed by atoms with Gasteiger partial charge in [0.2, 0.25) is 5.28 Å². The molecule has 18 heavy (non-hydrogen) atoms. The predicted octanol–water partition coefficient (Wildman–Crippen LogP) is 2.33. The monoisotopic (exact) mass is 267 g/mol. The van der Waals surface area contributed by atoms with E-state index in [-0.39, 0.29) is 17.3 Å². The molecular weight excluding hydrogens is 258 g/mol. The first-order valence-electron chi connectivity index (χ1n) is 4.98. The van der Waals surface area contributed by atoms with Crippen LogP contribution in [0, 0.1) is 0 Å². The summed E-state index contributed by atoms with van der Waals surface area (Å²) < 4.78 is 15.4. The van der Waals surface area contributed by atoms with Crippen molar-refractivity contribution in [2.45, 2.75) is 0 Å². The standard InChI is InChI=1S/C11H10ClN3O3/c1-16-7-4-3-5-8(6-7)18-11-14-9(12)13-10(15-11)17-2/h3-6H,1-2H3.